The molecule has 20 heavy (non-hydrogen) atoms. The first kappa shape index (κ1) is 14.4. The molecular formula is C12H18N4O4. The van der Waals surface area contributed by atoms with Crippen molar-refractivity contribution in [3.63, 3.8) is 0 Å². The van der Waals surface area contributed by atoms with Gasteiger partial charge in [-0.05, 0) is 24.7 Å². The highest BCUT2D eigenvalue weighted by Gasteiger charge is 2.42. The number of hydrogen-bond acceptors (Lipinski definition) is 5. The van der Waals surface area contributed by atoms with Crippen LogP contribution in [-0.2, 0) is 16.1 Å². The van der Waals surface area contributed by atoms with Crippen LogP contribution in [0.5, 0.6) is 0 Å². The third kappa shape index (κ3) is 3.77. The van der Waals surface area contributed by atoms with Gasteiger partial charge in [0.2, 0.25) is 5.91 Å². The molecule has 1 aliphatic rings. The molecule has 0 aliphatic heterocycles. The fourth-order valence-electron chi connectivity index (χ4n) is 1.97. The van der Waals surface area contributed by atoms with Gasteiger partial charge in [0.15, 0.2) is 5.69 Å². The van der Waals surface area contributed by atoms with Gasteiger partial charge in [0.25, 0.3) is 0 Å². The van der Waals surface area contributed by atoms with Gasteiger partial charge in [-0.15, -0.1) is 5.10 Å². The highest BCUT2D eigenvalue weighted by molar-refractivity contribution is 5.84. The van der Waals surface area contributed by atoms with Crippen molar-refractivity contribution in [2.75, 3.05) is 20.3 Å². The number of carboxylic acid groups (broad SMARTS) is 1. The Morgan fingerprint density at radius 2 is 2.30 bits per heavy atom. The summed E-state index contributed by atoms with van der Waals surface area (Å²) in [4.78, 5) is 22.4. The number of nitrogens with zero attached hydrogens (tertiary/aromatic N) is 3. The average Bonchev–Trinajstić information content (AvgIpc) is 3.04. The van der Waals surface area contributed by atoms with Crippen LogP contribution in [0.2, 0.25) is 0 Å². The first-order valence-electron chi connectivity index (χ1n) is 6.44. The summed E-state index contributed by atoms with van der Waals surface area (Å²) in [5.41, 5.74) is 0.0110. The first-order chi connectivity index (χ1) is 9.54. The minimum atomic E-state index is -1.16. The molecule has 1 aromatic rings. The third-order valence-corrected chi connectivity index (χ3v) is 3.52. The normalized spacial score (nSPS) is 15.8. The Labute approximate surface area is 116 Å². The van der Waals surface area contributed by atoms with Gasteiger partial charge in [0.05, 0.1) is 6.20 Å². The summed E-state index contributed by atoms with van der Waals surface area (Å²) in [5, 5.41) is 18.6. The van der Waals surface area contributed by atoms with E-state index in [9.17, 15) is 9.59 Å². The third-order valence-electron chi connectivity index (χ3n) is 3.52. The van der Waals surface area contributed by atoms with Crippen LogP contribution in [0.4, 0.5) is 0 Å². The van der Waals surface area contributed by atoms with Crippen molar-refractivity contribution in [3.8, 4) is 0 Å². The second kappa shape index (κ2) is 6.00. The molecule has 1 aromatic heterocycles. The summed E-state index contributed by atoms with van der Waals surface area (Å²) in [5.74, 6) is -1.36. The number of nitrogens with one attached hydrogen (secondary N) is 1. The zero-order valence-electron chi connectivity index (χ0n) is 11.3. The lowest BCUT2D eigenvalue weighted by Gasteiger charge is -2.15. The highest BCUT2D eigenvalue weighted by atomic mass is 16.5. The molecule has 1 saturated carbocycles. The minimum absolute atomic E-state index is 0.0271. The smallest absolute Gasteiger partial charge is 0.358 e. The SMILES string of the molecule is COCCC1(CNC(=O)Cn2cc(C(=O)O)nn2)CC1. The highest BCUT2D eigenvalue weighted by Crippen LogP contribution is 2.48. The molecule has 8 nitrogen and oxygen atoms in total. The zero-order valence-corrected chi connectivity index (χ0v) is 11.3. The van der Waals surface area contributed by atoms with Gasteiger partial charge in [-0.25, -0.2) is 9.48 Å². The number of ether oxygens (including phenoxy) is 1. The molecule has 1 aliphatic carbocycles. The number of aromatic nitrogens is 3. The van der Waals surface area contributed by atoms with Crippen molar-refractivity contribution in [1.82, 2.24) is 20.3 Å². The molecule has 2 N–H and O–H groups in total. The van der Waals surface area contributed by atoms with Crippen LogP contribution in [0.1, 0.15) is 29.8 Å². The monoisotopic (exact) mass is 282 g/mol. The van der Waals surface area contributed by atoms with Gasteiger partial charge < -0.3 is 15.2 Å². The molecule has 0 atom stereocenters. The van der Waals surface area contributed by atoms with Gasteiger partial charge in [0, 0.05) is 20.3 Å². The number of methoxy groups -OCH3 is 1. The molecule has 0 radical (unpaired) electrons. The van der Waals surface area contributed by atoms with E-state index < -0.39 is 5.97 Å². The molecule has 1 amide bonds. The largest absolute Gasteiger partial charge is 0.476 e. The fraction of sp³-hybridized carbons (Fsp3) is 0.667. The fourth-order valence-corrected chi connectivity index (χ4v) is 1.97. The molecule has 0 unspecified atom stereocenters. The van der Waals surface area contributed by atoms with E-state index in [-0.39, 0.29) is 23.6 Å². The minimum Gasteiger partial charge on any atom is -0.476 e. The van der Waals surface area contributed by atoms with Crippen molar-refractivity contribution in [1.29, 1.82) is 0 Å². The zero-order chi connectivity index (χ0) is 14.6. The number of carbonyl (C=O) groups is 2. The average molecular weight is 282 g/mol. The van der Waals surface area contributed by atoms with E-state index in [2.05, 4.69) is 15.6 Å². The van der Waals surface area contributed by atoms with E-state index in [4.69, 9.17) is 9.84 Å². The van der Waals surface area contributed by atoms with E-state index in [1.165, 1.54) is 10.9 Å². The Hall–Kier alpha value is -1.96. The van der Waals surface area contributed by atoms with E-state index >= 15 is 0 Å². The topological polar surface area (TPSA) is 106 Å². The van der Waals surface area contributed by atoms with Crippen LogP contribution >= 0.6 is 0 Å². The lowest BCUT2D eigenvalue weighted by Crippen LogP contribution is -2.33. The Morgan fingerprint density at radius 1 is 1.55 bits per heavy atom. The lowest BCUT2D eigenvalue weighted by molar-refractivity contribution is -0.122. The van der Waals surface area contributed by atoms with E-state index in [0.29, 0.717) is 13.2 Å². The van der Waals surface area contributed by atoms with Crippen molar-refractivity contribution < 1.29 is 19.4 Å². The van der Waals surface area contributed by atoms with Crippen LogP contribution < -0.4 is 5.32 Å². The molecule has 1 fully saturated rings. The maximum Gasteiger partial charge on any atom is 0.358 e. The summed E-state index contributed by atoms with van der Waals surface area (Å²) in [6, 6.07) is 0. The Balaban J connectivity index is 1.76. The van der Waals surface area contributed by atoms with Crippen molar-refractivity contribution >= 4 is 11.9 Å². The summed E-state index contributed by atoms with van der Waals surface area (Å²) >= 11 is 0. The Bertz CT molecular complexity index is 495. The molecule has 0 saturated heterocycles. The van der Waals surface area contributed by atoms with Crippen LogP contribution in [0.3, 0.4) is 0 Å². The molecule has 0 bridgehead atoms. The number of carbonyl (C=O) groups excluding carboxylic acids is 1. The molecule has 2 rings (SSSR count). The van der Waals surface area contributed by atoms with Crippen molar-refractivity contribution in [3.05, 3.63) is 11.9 Å². The van der Waals surface area contributed by atoms with Crippen molar-refractivity contribution in [2.24, 2.45) is 5.41 Å². The maximum atomic E-state index is 11.8. The lowest BCUT2D eigenvalue weighted by atomic mass is 10.0. The number of carboxylic acids is 1. The van der Waals surface area contributed by atoms with Gasteiger partial charge in [-0.1, -0.05) is 5.21 Å². The molecule has 110 valence electrons. The molecular weight excluding hydrogens is 264 g/mol. The standard InChI is InChI=1S/C12H18N4O4/c1-20-5-4-12(2-3-12)8-13-10(17)7-16-6-9(11(18)19)14-15-16/h6H,2-5,7-8H2,1H3,(H,13,17)(H,18,19). The summed E-state index contributed by atoms with van der Waals surface area (Å²) in [7, 11) is 1.67. The summed E-state index contributed by atoms with van der Waals surface area (Å²) < 4.78 is 6.27. The number of amides is 1. The maximum absolute atomic E-state index is 11.8. The first-order valence-corrected chi connectivity index (χ1v) is 6.44. The van der Waals surface area contributed by atoms with Crippen molar-refractivity contribution in [2.45, 2.75) is 25.8 Å². The quantitative estimate of drug-likeness (QED) is 0.690. The van der Waals surface area contributed by atoms with E-state index in [0.717, 1.165) is 19.3 Å². The predicted octanol–water partition coefficient (Wildman–Crippen LogP) is -0.0908. The van der Waals surface area contributed by atoms with Gasteiger partial charge >= 0.3 is 5.97 Å². The second-order valence-electron chi connectivity index (χ2n) is 5.13. The molecule has 8 heteroatoms. The van der Waals surface area contributed by atoms with Crippen LogP contribution in [0.25, 0.3) is 0 Å². The number of hydrogen-bond donors (Lipinski definition) is 2. The van der Waals surface area contributed by atoms with E-state index in [1.807, 2.05) is 0 Å². The van der Waals surface area contributed by atoms with Gasteiger partial charge in [-0.3, -0.25) is 4.79 Å². The molecule has 1 heterocycles. The predicted molar refractivity (Wildman–Crippen MR) is 68.2 cm³/mol. The van der Waals surface area contributed by atoms with E-state index in [1.54, 1.807) is 7.11 Å². The Kier molecular flexibility index (Phi) is 4.33. The van der Waals surface area contributed by atoms with Crippen LogP contribution in [-0.4, -0.2) is 52.2 Å². The number of aromatic carboxylic acids is 1. The Morgan fingerprint density at radius 3 is 2.85 bits per heavy atom. The molecule has 0 aromatic carbocycles. The van der Waals surface area contributed by atoms with Gasteiger partial charge in [0.1, 0.15) is 6.54 Å². The van der Waals surface area contributed by atoms with Crippen LogP contribution in [0.15, 0.2) is 6.20 Å². The second-order valence-corrected chi connectivity index (χ2v) is 5.13. The number of rotatable bonds is 8. The van der Waals surface area contributed by atoms with Gasteiger partial charge in [-0.2, -0.15) is 0 Å². The summed E-state index contributed by atoms with van der Waals surface area (Å²) in [6.07, 6.45) is 4.38. The van der Waals surface area contributed by atoms with Crippen LogP contribution in [0, 0.1) is 5.41 Å². The summed E-state index contributed by atoms with van der Waals surface area (Å²) in [6.45, 7) is 1.29. The molecule has 0 spiro atoms.